The van der Waals surface area contributed by atoms with Gasteiger partial charge < -0.3 is 0 Å². The summed E-state index contributed by atoms with van der Waals surface area (Å²) in [6.07, 6.45) is 0.604. The highest BCUT2D eigenvalue weighted by Crippen LogP contribution is 2.26. The van der Waals surface area contributed by atoms with Crippen molar-refractivity contribution < 1.29 is 17.2 Å². The Bertz CT molecular complexity index is 545. The van der Waals surface area contributed by atoms with Crippen LogP contribution in [-0.4, -0.2) is 15.0 Å². The molecule has 0 spiro atoms. The monoisotopic (exact) mass is 355 g/mol. The fourth-order valence-electron chi connectivity index (χ4n) is 1.42. The molecule has 0 unspecified atom stereocenters. The Kier molecular flexibility index (Phi) is 5.08. The van der Waals surface area contributed by atoms with E-state index < -0.39 is 26.6 Å². The Balaban J connectivity index is 2.96. The van der Waals surface area contributed by atoms with Crippen molar-refractivity contribution in [2.75, 3.05) is 6.54 Å². The molecule has 0 atom stereocenters. The molecule has 3 nitrogen and oxygen atoms in total. The number of halogens is 3. The first-order valence-electron chi connectivity index (χ1n) is 5.67. The van der Waals surface area contributed by atoms with Crippen LogP contribution in [0.25, 0.3) is 0 Å². The number of benzene rings is 1. The quantitative estimate of drug-likeness (QED) is 0.898. The molecule has 0 aliphatic carbocycles. The van der Waals surface area contributed by atoms with Crippen LogP contribution in [0, 0.1) is 17.0 Å². The van der Waals surface area contributed by atoms with Gasteiger partial charge in [-0.3, -0.25) is 0 Å². The third-order valence-corrected chi connectivity index (χ3v) is 4.82. The molecule has 0 bridgehead atoms. The molecular weight excluding hydrogens is 340 g/mol. The minimum absolute atomic E-state index is 0.0406. The first kappa shape index (κ1) is 16.5. The van der Waals surface area contributed by atoms with Crippen molar-refractivity contribution in [2.45, 2.75) is 32.1 Å². The first-order chi connectivity index (χ1) is 8.53. The highest BCUT2D eigenvalue weighted by atomic mass is 79.9. The Morgan fingerprint density at radius 1 is 1.26 bits per heavy atom. The molecule has 0 aliphatic rings. The van der Waals surface area contributed by atoms with Gasteiger partial charge in [0.05, 0.1) is 0 Å². The van der Waals surface area contributed by atoms with E-state index >= 15 is 0 Å². The molecular formula is C12H16BrF2NO2S. The van der Waals surface area contributed by atoms with E-state index in [1.807, 2.05) is 20.8 Å². The molecule has 19 heavy (non-hydrogen) atoms. The van der Waals surface area contributed by atoms with Crippen LogP contribution in [0.1, 0.15) is 27.2 Å². The number of rotatable bonds is 4. The standard InChI is InChI=1S/C12H16BrF2NO2S/c1-12(2,3)4-5-16-19(17,18)11-9(13)6-8(14)7-10(11)15/h6-7,16H,4-5H2,1-3H3. The van der Waals surface area contributed by atoms with Crippen molar-refractivity contribution in [3.05, 3.63) is 28.2 Å². The van der Waals surface area contributed by atoms with Crippen LogP contribution in [-0.2, 0) is 10.0 Å². The van der Waals surface area contributed by atoms with Gasteiger partial charge in [0.25, 0.3) is 0 Å². The van der Waals surface area contributed by atoms with Crippen LogP contribution >= 0.6 is 15.9 Å². The molecule has 0 amide bonds. The van der Waals surface area contributed by atoms with Gasteiger partial charge in [-0.05, 0) is 33.8 Å². The van der Waals surface area contributed by atoms with E-state index in [1.165, 1.54) is 0 Å². The van der Waals surface area contributed by atoms with Crippen molar-refractivity contribution in [1.29, 1.82) is 0 Å². The van der Waals surface area contributed by atoms with Gasteiger partial charge in [-0.1, -0.05) is 20.8 Å². The molecule has 1 aromatic rings. The van der Waals surface area contributed by atoms with Crippen LogP contribution in [0.4, 0.5) is 8.78 Å². The number of sulfonamides is 1. The molecule has 0 saturated carbocycles. The van der Waals surface area contributed by atoms with E-state index in [0.717, 1.165) is 6.07 Å². The summed E-state index contributed by atoms with van der Waals surface area (Å²) in [4.78, 5) is -0.567. The number of hydrogen-bond donors (Lipinski definition) is 1. The first-order valence-corrected chi connectivity index (χ1v) is 7.95. The Labute approximate surface area is 120 Å². The Hall–Kier alpha value is -0.530. The van der Waals surface area contributed by atoms with Crippen molar-refractivity contribution in [2.24, 2.45) is 5.41 Å². The number of hydrogen-bond acceptors (Lipinski definition) is 2. The number of nitrogens with one attached hydrogen (secondary N) is 1. The summed E-state index contributed by atoms with van der Waals surface area (Å²) in [7, 11) is -4.00. The molecule has 7 heteroatoms. The fraction of sp³-hybridized carbons (Fsp3) is 0.500. The summed E-state index contributed by atoms with van der Waals surface area (Å²) >= 11 is 2.87. The molecule has 0 aliphatic heterocycles. The maximum atomic E-state index is 13.6. The fourth-order valence-corrected chi connectivity index (χ4v) is 3.61. The smallest absolute Gasteiger partial charge is 0.211 e. The maximum absolute atomic E-state index is 13.6. The lowest BCUT2D eigenvalue weighted by Gasteiger charge is -2.18. The summed E-state index contributed by atoms with van der Waals surface area (Å²) in [6, 6.07) is 1.46. The zero-order valence-electron chi connectivity index (χ0n) is 10.9. The highest BCUT2D eigenvalue weighted by molar-refractivity contribution is 9.10. The molecule has 0 radical (unpaired) electrons. The lowest BCUT2D eigenvalue weighted by molar-refractivity contribution is 0.378. The van der Waals surface area contributed by atoms with E-state index in [9.17, 15) is 17.2 Å². The van der Waals surface area contributed by atoms with Crippen molar-refractivity contribution in [1.82, 2.24) is 4.72 Å². The zero-order valence-corrected chi connectivity index (χ0v) is 13.3. The zero-order chi connectivity index (χ0) is 14.8. The summed E-state index contributed by atoms with van der Waals surface area (Å²) in [6.45, 7) is 6.09. The van der Waals surface area contributed by atoms with Gasteiger partial charge >= 0.3 is 0 Å². The van der Waals surface area contributed by atoms with E-state index in [4.69, 9.17) is 0 Å². The van der Waals surface area contributed by atoms with E-state index in [1.54, 1.807) is 0 Å². The van der Waals surface area contributed by atoms with Gasteiger partial charge in [0.2, 0.25) is 10.0 Å². The van der Waals surface area contributed by atoms with Gasteiger partial charge in [-0.2, -0.15) is 0 Å². The average molecular weight is 356 g/mol. The van der Waals surface area contributed by atoms with Crippen molar-refractivity contribution >= 4 is 26.0 Å². The van der Waals surface area contributed by atoms with Crippen LogP contribution in [0.3, 0.4) is 0 Å². The molecule has 0 aromatic heterocycles. The van der Waals surface area contributed by atoms with E-state index in [0.29, 0.717) is 12.5 Å². The van der Waals surface area contributed by atoms with Crippen LogP contribution in [0.5, 0.6) is 0 Å². The predicted molar refractivity (Wildman–Crippen MR) is 73.3 cm³/mol. The highest BCUT2D eigenvalue weighted by Gasteiger charge is 2.24. The molecule has 108 valence electrons. The molecule has 0 fully saturated rings. The lowest BCUT2D eigenvalue weighted by Crippen LogP contribution is -2.28. The van der Waals surface area contributed by atoms with Gasteiger partial charge in [-0.25, -0.2) is 21.9 Å². The van der Waals surface area contributed by atoms with Gasteiger partial charge in [-0.15, -0.1) is 0 Å². The maximum Gasteiger partial charge on any atom is 0.244 e. The normalized spacial score (nSPS) is 12.7. The van der Waals surface area contributed by atoms with Gasteiger partial charge in [0.1, 0.15) is 16.5 Å². The minimum Gasteiger partial charge on any atom is -0.211 e. The summed E-state index contributed by atoms with van der Waals surface area (Å²) in [5.74, 6) is -1.95. The van der Waals surface area contributed by atoms with Crippen LogP contribution in [0.2, 0.25) is 0 Å². The van der Waals surface area contributed by atoms with Crippen LogP contribution in [0.15, 0.2) is 21.5 Å². The van der Waals surface area contributed by atoms with Crippen molar-refractivity contribution in [3.8, 4) is 0 Å². The SMILES string of the molecule is CC(C)(C)CCNS(=O)(=O)c1c(F)cc(F)cc1Br. The van der Waals surface area contributed by atoms with Gasteiger partial charge in [0, 0.05) is 17.1 Å². The Morgan fingerprint density at radius 3 is 2.32 bits per heavy atom. The van der Waals surface area contributed by atoms with Crippen molar-refractivity contribution in [3.63, 3.8) is 0 Å². The third kappa shape index (κ3) is 4.81. The van der Waals surface area contributed by atoms with E-state index in [2.05, 4.69) is 20.7 Å². The predicted octanol–water partition coefficient (Wildman–Crippen LogP) is 3.44. The average Bonchev–Trinajstić information content (AvgIpc) is 2.11. The second-order valence-electron chi connectivity index (χ2n) is 5.41. The summed E-state index contributed by atoms with van der Waals surface area (Å²) in [5.41, 5.74) is -0.0406. The topological polar surface area (TPSA) is 46.2 Å². The molecule has 0 heterocycles. The minimum atomic E-state index is -4.00. The summed E-state index contributed by atoms with van der Waals surface area (Å²) in [5, 5.41) is 0. The van der Waals surface area contributed by atoms with Crippen LogP contribution < -0.4 is 4.72 Å². The molecule has 1 aromatic carbocycles. The molecule has 0 saturated heterocycles. The lowest BCUT2D eigenvalue weighted by atomic mass is 9.93. The Morgan fingerprint density at radius 2 is 1.84 bits per heavy atom. The molecule has 1 N–H and O–H groups in total. The summed E-state index contributed by atoms with van der Waals surface area (Å²) < 4.78 is 52.6. The second kappa shape index (κ2) is 5.85. The second-order valence-corrected chi connectivity index (χ2v) is 7.97. The largest absolute Gasteiger partial charge is 0.244 e. The third-order valence-electron chi connectivity index (χ3n) is 2.40. The van der Waals surface area contributed by atoms with E-state index in [-0.39, 0.29) is 16.4 Å². The molecule has 1 rings (SSSR count). The van der Waals surface area contributed by atoms with Gasteiger partial charge in [0.15, 0.2) is 0 Å².